The van der Waals surface area contributed by atoms with Crippen LogP contribution < -0.4 is 5.32 Å². The van der Waals surface area contributed by atoms with Crippen molar-refractivity contribution in [3.63, 3.8) is 0 Å². The van der Waals surface area contributed by atoms with E-state index in [9.17, 15) is 9.90 Å². The van der Waals surface area contributed by atoms with Crippen molar-refractivity contribution in [3.05, 3.63) is 15.6 Å². The highest BCUT2D eigenvalue weighted by molar-refractivity contribution is 7.11. The molecule has 0 aromatic carbocycles. The van der Waals surface area contributed by atoms with Gasteiger partial charge in [-0.1, -0.05) is 19.3 Å². The Morgan fingerprint density at radius 1 is 1.56 bits per heavy atom. The number of aryl methyl sites for hydroxylation is 2. The molecule has 5 heteroatoms. The number of nitrogens with one attached hydrogen (secondary N) is 1. The van der Waals surface area contributed by atoms with Gasteiger partial charge in [-0.25, -0.2) is 4.98 Å². The number of hydrogen-bond donors (Lipinski definition) is 2. The average molecular weight is 268 g/mol. The Hall–Kier alpha value is -0.940. The van der Waals surface area contributed by atoms with Crippen molar-refractivity contribution in [3.8, 4) is 0 Å². The maximum atomic E-state index is 12.0. The number of nitrogens with zero attached hydrogens (tertiary/aromatic N) is 1. The number of carbonyl (C=O) groups excluding carboxylic acids is 1. The number of hydrogen-bond acceptors (Lipinski definition) is 4. The molecule has 0 radical (unpaired) electrons. The maximum Gasteiger partial charge on any atom is 0.271 e. The van der Waals surface area contributed by atoms with Gasteiger partial charge < -0.3 is 10.4 Å². The van der Waals surface area contributed by atoms with E-state index < -0.39 is 0 Å². The summed E-state index contributed by atoms with van der Waals surface area (Å²) in [5.41, 5.74) is 0.530. The fourth-order valence-corrected chi connectivity index (χ4v) is 3.15. The maximum absolute atomic E-state index is 12.0. The minimum absolute atomic E-state index is 0.116. The second-order valence-electron chi connectivity index (χ2n) is 4.98. The number of thiazole rings is 1. The lowest BCUT2D eigenvalue weighted by atomic mass is 9.76. The highest BCUT2D eigenvalue weighted by atomic mass is 32.1. The van der Waals surface area contributed by atoms with Gasteiger partial charge in [-0.05, 0) is 19.8 Å². The summed E-state index contributed by atoms with van der Waals surface area (Å²) < 4.78 is 0. The first kappa shape index (κ1) is 13.5. The van der Waals surface area contributed by atoms with E-state index in [0.29, 0.717) is 18.2 Å². The molecule has 1 fully saturated rings. The molecule has 1 saturated carbocycles. The second kappa shape index (κ2) is 5.80. The molecule has 0 saturated heterocycles. The molecule has 1 atom stereocenters. The number of aromatic nitrogens is 1. The number of aliphatic hydroxyl groups excluding tert-OH is 1. The van der Waals surface area contributed by atoms with Gasteiger partial charge in [-0.2, -0.15) is 0 Å². The molecule has 2 rings (SSSR count). The molecule has 1 aromatic heterocycles. The Labute approximate surface area is 111 Å². The Balaban J connectivity index is 1.89. The molecule has 2 N–H and O–H groups in total. The topological polar surface area (TPSA) is 62.2 Å². The SMILES string of the molecule is Cc1nc(C(=O)NCC(CO)C2CCC2)c(C)s1. The minimum Gasteiger partial charge on any atom is -0.396 e. The molecule has 18 heavy (non-hydrogen) atoms. The Bertz CT molecular complexity index is 427. The molecule has 100 valence electrons. The predicted molar refractivity (Wildman–Crippen MR) is 71.8 cm³/mol. The summed E-state index contributed by atoms with van der Waals surface area (Å²) in [4.78, 5) is 17.2. The van der Waals surface area contributed by atoms with Gasteiger partial charge >= 0.3 is 0 Å². The molecule has 0 spiro atoms. The van der Waals surface area contributed by atoms with Crippen LogP contribution >= 0.6 is 11.3 Å². The molecular weight excluding hydrogens is 248 g/mol. The molecular formula is C13H20N2O2S. The molecule has 0 aliphatic heterocycles. The molecule has 1 aromatic rings. The fraction of sp³-hybridized carbons (Fsp3) is 0.692. The van der Waals surface area contributed by atoms with Gasteiger partial charge in [-0.15, -0.1) is 11.3 Å². The largest absolute Gasteiger partial charge is 0.396 e. The van der Waals surface area contributed by atoms with Gasteiger partial charge in [0.15, 0.2) is 0 Å². The summed E-state index contributed by atoms with van der Waals surface area (Å²) in [7, 11) is 0. The van der Waals surface area contributed by atoms with Crippen molar-refractivity contribution in [2.24, 2.45) is 11.8 Å². The zero-order valence-corrected chi connectivity index (χ0v) is 11.7. The lowest BCUT2D eigenvalue weighted by Crippen LogP contribution is -2.37. The van der Waals surface area contributed by atoms with Crippen molar-refractivity contribution in [2.45, 2.75) is 33.1 Å². The van der Waals surface area contributed by atoms with Gasteiger partial charge in [0.05, 0.1) is 5.01 Å². The lowest BCUT2D eigenvalue weighted by molar-refractivity contribution is 0.0885. The van der Waals surface area contributed by atoms with Crippen molar-refractivity contribution in [1.82, 2.24) is 10.3 Å². The Morgan fingerprint density at radius 2 is 2.28 bits per heavy atom. The monoisotopic (exact) mass is 268 g/mol. The summed E-state index contributed by atoms with van der Waals surface area (Å²) in [5.74, 6) is 0.658. The van der Waals surface area contributed by atoms with Crippen LogP contribution in [0.4, 0.5) is 0 Å². The summed E-state index contributed by atoms with van der Waals surface area (Å²) in [6.07, 6.45) is 3.60. The van der Waals surface area contributed by atoms with Crippen LogP contribution in [-0.2, 0) is 0 Å². The first-order valence-corrected chi connectivity index (χ1v) is 7.26. The molecule has 4 nitrogen and oxygen atoms in total. The van der Waals surface area contributed by atoms with E-state index in [4.69, 9.17) is 0 Å². The zero-order valence-electron chi connectivity index (χ0n) is 10.9. The zero-order chi connectivity index (χ0) is 13.1. The van der Waals surface area contributed by atoms with Crippen LogP contribution in [0.15, 0.2) is 0 Å². The van der Waals surface area contributed by atoms with Gasteiger partial charge in [0, 0.05) is 23.9 Å². The predicted octanol–water partition coefficient (Wildman–Crippen LogP) is 1.90. The third-order valence-electron chi connectivity index (χ3n) is 3.69. The van der Waals surface area contributed by atoms with Crippen molar-refractivity contribution in [2.75, 3.05) is 13.2 Å². The first-order chi connectivity index (χ1) is 8.61. The molecule has 1 amide bonds. The first-order valence-electron chi connectivity index (χ1n) is 6.45. The summed E-state index contributed by atoms with van der Waals surface area (Å²) in [5, 5.41) is 13.1. The Morgan fingerprint density at radius 3 is 2.72 bits per heavy atom. The number of amides is 1. The van der Waals surface area contributed by atoms with E-state index in [0.717, 1.165) is 9.88 Å². The molecule has 1 aliphatic rings. The van der Waals surface area contributed by atoms with Crippen molar-refractivity contribution >= 4 is 17.2 Å². The highest BCUT2D eigenvalue weighted by Gasteiger charge is 2.27. The normalized spacial score (nSPS) is 17.3. The summed E-state index contributed by atoms with van der Waals surface area (Å²) in [6, 6.07) is 0. The smallest absolute Gasteiger partial charge is 0.271 e. The van der Waals surface area contributed by atoms with Crippen molar-refractivity contribution < 1.29 is 9.90 Å². The van der Waals surface area contributed by atoms with Crippen LogP contribution in [0.5, 0.6) is 0 Å². The molecule has 0 bridgehead atoms. The van der Waals surface area contributed by atoms with E-state index in [1.54, 1.807) is 0 Å². The summed E-state index contributed by atoms with van der Waals surface area (Å²) in [6.45, 7) is 4.52. The van der Waals surface area contributed by atoms with Gasteiger partial charge in [0.1, 0.15) is 5.69 Å². The molecule has 1 aliphatic carbocycles. The molecule has 1 heterocycles. The van der Waals surface area contributed by atoms with Crippen LogP contribution in [0, 0.1) is 25.7 Å². The van der Waals surface area contributed by atoms with E-state index in [1.807, 2.05) is 13.8 Å². The minimum atomic E-state index is -0.116. The van der Waals surface area contributed by atoms with Crippen LogP contribution in [0.3, 0.4) is 0 Å². The van der Waals surface area contributed by atoms with Crippen molar-refractivity contribution in [1.29, 1.82) is 0 Å². The van der Waals surface area contributed by atoms with Crippen LogP contribution in [0.25, 0.3) is 0 Å². The third-order valence-corrected chi connectivity index (χ3v) is 4.58. The quantitative estimate of drug-likeness (QED) is 0.857. The highest BCUT2D eigenvalue weighted by Crippen LogP contribution is 2.32. The van der Waals surface area contributed by atoms with E-state index >= 15 is 0 Å². The lowest BCUT2D eigenvalue weighted by Gasteiger charge is -2.32. The van der Waals surface area contributed by atoms with Gasteiger partial charge in [0.25, 0.3) is 5.91 Å². The number of aliphatic hydroxyl groups is 1. The summed E-state index contributed by atoms with van der Waals surface area (Å²) >= 11 is 1.54. The van der Waals surface area contributed by atoms with E-state index in [2.05, 4.69) is 10.3 Å². The average Bonchev–Trinajstić information content (AvgIpc) is 2.60. The Kier molecular flexibility index (Phi) is 4.35. The van der Waals surface area contributed by atoms with Crippen LogP contribution in [-0.4, -0.2) is 29.1 Å². The number of rotatable bonds is 5. The third kappa shape index (κ3) is 2.90. The molecule has 1 unspecified atom stereocenters. The number of carbonyl (C=O) groups is 1. The van der Waals surface area contributed by atoms with Crippen LogP contribution in [0.1, 0.15) is 39.6 Å². The van der Waals surface area contributed by atoms with E-state index in [1.165, 1.54) is 30.6 Å². The second-order valence-corrected chi connectivity index (χ2v) is 6.39. The van der Waals surface area contributed by atoms with Gasteiger partial charge in [0.2, 0.25) is 0 Å². The fourth-order valence-electron chi connectivity index (χ4n) is 2.34. The van der Waals surface area contributed by atoms with Crippen LogP contribution in [0.2, 0.25) is 0 Å². The van der Waals surface area contributed by atoms with E-state index in [-0.39, 0.29) is 18.4 Å². The van der Waals surface area contributed by atoms with Gasteiger partial charge in [-0.3, -0.25) is 4.79 Å². The standard InChI is InChI=1S/C13H20N2O2S/c1-8-12(15-9(2)18-8)13(17)14-6-11(7-16)10-4-3-5-10/h10-11,16H,3-7H2,1-2H3,(H,14,17).